The molecule has 28 heavy (non-hydrogen) atoms. The zero-order valence-corrected chi connectivity index (χ0v) is 16.8. The Balaban J connectivity index is 1.59. The molecule has 1 fully saturated rings. The fourth-order valence-electron chi connectivity index (χ4n) is 3.98. The van der Waals surface area contributed by atoms with Crippen molar-refractivity contribution < 1.29 is 9.31 Å². The maximum atomic E-state index is 6.23. The summed E-state index contributed by atoms with van der Waals surface area (Å²) in [5.41, 5.74) is 3.30. The molecule has 1 aliphatic rings. The van der Waals surface area contributed by atoms with Gasteiger partial charge in [0.15, 0.2) is 0 Å². The highest BCUT2D eigenvalue weighted by Crippen LogP contribution is 2.53. The van der Waals surface area contributed by atoms with Crippen LogP contribution in [0.2, 0.25) is 5.31 Å². The Morgan fingerprint density at radius 2 is 1.39 bits per heavy atom. The van der Waals surface area contributed by atoms with E-state index in [1.807, 2.05) is 12.1 Å². The van der Waals surface area contributed by atoms with Gasteiger partial charge in [-0.1, -0.05) is 56.3 Å². The average Bonchev–Trinajstić information content (AvgIpc) is 3.02. The van der Waals surface area contributed by atoms with Gasteiger partial charge in [-0.3, -0.25) is 0 Å². The van der Waals surface area contributed by atoms with Crippen LogP contribution in [-0.4, -0.2) is 17.3 Å². The first-order valence-electron chi connectivity index (χ1n) is 9.82. The fraction of sp³-hybridized carbons (Fsp3) is 0.250. The smallest absolute Gasteiger partial charge is 0.534 e. The summed E-state index contributed by atoms with van der Waals surface area (Å²) in [6.07, 6.45) is 0. The molecule has 0 radical (unpaired) electrons. The van der Waals surface area contributed by atoms with E-state index in [0.29, 0.717) is 0 Å². The summed E-state index contributed by atoms with van der Waals surface area (Å²) in [6.45, 7) is 8.61. The molecule has 1 aromatic heterocycles. The Morgan fingerprint density at radius 1 is 0.786 bits per heavy atom. The zero-order valence-electron chi connectivity index (χ0n) is 16.8. The molecule has 5 rings (SSSR count). The predicted octanol–water partition coefficient (Wildman–Crippen LogP) is 6.24. The SMILES string of the molecule is CC1(C)OB(Oc2cccc(-n3c4ccccc4c4ccccc43)c2)C1(C)C. The third-order valence-corrected chi connectivity index (χ3v) is 6.44. The van der Waals surface area contributed by atoms with E-state index in [4.69, 9.17) is 9.31 Å². The molecule has 0 atom stereocenters. The lowest BCUT2D eigenvalue weighted by Gasteiger charge is -2.54. The van der Waals surface area contributed by atoms with Crippen molar-refractivity contribution in [2.24, 2.45) is 0 Å². The van der Waals surface area contributed by atoms with Gasteiger partial charge in [-0.25, -0.2) is 0 Å². The fourth-order valence-corrected chi connectivity index (χ4v) is 3.98. The molecule has 1 aliphatic heterocycles. The van der Waals surface area contributed by atoms with Crippen LogP contribution in [0, 0.1) is 0 Å². The molecule has 4 aromatic rings. The van der Waals surface area contributed by atoms with Crippen LogP contribution >= 0.6 is 0 Å². The Kier molecular flexibility index (Phi) is 3.66. The number of aromatic nitrogens is 1. The lowest BCUT2D eigenvalue weighted by molar-refractivity contribution is -0.0412. The maximum Gasteiger partial charge on any atom is 0.534 e. The van der Waals surface area contributed by atoms with Gasteiger partial charge in [0.25, 0.3) is 0 Å². The average molecular weight is 369 g/mol. The van der Waals surface area contributed by atoms with Crippen LogP contribution in [0.4, 0.5) is 0 Å². The summed E-state index contributed by atoms with van der Waals surface area (Å²) in [6, 6.07) is 25.3. The van der Waals surface area contributed by atoms with Crippen molar-refractivity contribution in [3.05, 3.63) is 72.8 Å². The van der Waals surface area contributed by atoms with Gasteiger partial charge >= 0.3 is 7.12 Å². The third kappa shape index (κ3) is 2.41. The van der Waals surface area contributed by atoms with Gasteiger partial charge in [-0.05, 0) is 38.1 Å². The largest absolute Gasteiger partial charge is 0.536 e. The number of rotatable bonds is 3. The van der Waals surface area contributed by atoms with Crippen molar-refractivity contribution in [3.8, 4) is 11.4 Å². The first kappa shape index (κ1) is 17.4. The van der Waals surface area contributed by atoms with Crippen LogP contribution in [0.15, 0.2) is 72.8 Å². The summed E-state index contributed by atoms with van der Waals surface area (Å²) in [5, 5.41) is 2.47. The third-order valence-electron chi connectivity index (χ3n) is 6.44. The van der Waals surface area contributed by atoms with Gasteiger partial charge in [0.2, 0.25) is 0 Å². The van der Waals surface area contributed by atoms with Crippen molar-refractivity contribution in [2.45, 2.75) is 38.6 Å². The summed E-state index contributed by atoms with van der Waals surface area (Å²) >= 11 is 0. The molecule has 0 unspecified atom stereocenters. The monoisotopic (exact) mass is 369 g/mol. The second-order valence-electron chi connectivity index (χ2n) is 8.67. The number of para-hydroxylation sites is 2. The minimum Gasteiger partial charge on any atom is -0.536 e. The Hall–Kier alpha value is -2.72. The Labute approximate surface area is 166 Å². The minimum atomic E-state index is -0.240. The van der Waals surface area contributed by atoms with E-state index in [-0.39, 0.29) is 18.0 Å². The van der Waals surface area contributed by atoms with Gasteiger partial charge < -0.3 is 13.9 Å². The van der Waals surface area contributed by atoms with Crippen LogP contribution in [0.25, 0.3) is 27.5 Å². The normalized spacial score (nSPS) is 17.6. The van der Waals surface area contributed by atoms with Gasteiger partial charge in [0, 0.05) is 27.8 Å². The number of hydrogen-bond acceptors (Lipinski definition) is 2. The number of hydrogen-bond donors (Lipinski definition) is 0. The molecule has 0 spiro atoms. The van der Waals surface area contributed by atoms with Crippen LogP contribution in [0.1, 0.15) is 27.7 Å². The number of fused-ring (bicyclic) bond motifs is 3. The Bertz CT molecular complexity index is 1140. The van der Waals surface area contributed by atoms with Crippen molar-refractivity contribution in [2.75, 3.05) is 0 Å². The van der Waals surface area contributed by atoms with Crippen molar-refractivity contribution >= 4 is 28.9 Å². The molecular weight excluding hydrogens is 345 g/mol. The quantitative estimate of drug-likeness (QED) is 0.399. The molecule has 0 bridgehead atoms. The van der Waals surface area contributed by atoms with Crippen molar-refractivity contribution in [1.29, 1.82) is 0 Å². The van der Waals surface area contributed by atoms with E-state index in [1.165, 1.54) is 21.8 Å². The Morgan fingerprint density at radius 3 is 1.96 bits per heavy atom. The summed E-state index contributed by atoms with van der Waals surface area (Å²) in [4.78, 5) is 0. The molecule has 0 amide bonds. The number of nitrogens with zero attached hydrogens (tertiary/aromatic N) is 1. The topological polar surface area (TPSA) is 23.4 Å². The lowest BCUT2D eigenvalue weighted by atomic mass is 9.45. The second kappa shape index (κ2) is 5.89. The van der Waals surface area contributed by atoms with Crippen LogP contribution in [0.5, 0.6) is 5.75 Å². The highest BCUT2D eigenvalue weighted by molar-refractivity contribution is 6.53. The molecule has 140 valence electrons. The van der Waals surface area contributed by atoms with Gasteiger partial charge in [0.05, 0.1) is 16.6 Å². The molecular formula is C24H24BNO2. The van der Waals surface area contributed by atoms with Crippen molar-refractivity contribution in [1.82, 2.24) is 4.57 Å². The lowest BCUT2D eigenvalue weighted by Crippen LogP contribution is -2.64. The molecule has 0 aliphatic carbocycles. The molecule has 0 N–H and O–H groups in total. The van der Waals surface area contributed by atoms with E-state index in [1.54, 1.807) is 0 Å². The molecule has 4 heteroatoms. The summed E-state index contributed by atoms with van der Waals surface area (Å²) in [5.74, 6) is 0.827. The molecule has 0 saturated carbocycles. The molecule has 3 nitrogen and oxygen atoms in total. The molecule has 3 aromatic carbocycles. The summed E-state index contributed by atoms with van der Waals surface area (Å²) < 4.78 is 14.5. The first-order chi connectivity index (χ1) is 13.4. The molecule has 1 saturated heterocycles. The highest BCUT2D eigenvalue weighted by atomic mass is 16.6. The van der Waals surface area contributed by atoms with Crippen molar-refractivity contribution in [3.63, 3.8) is 0 Å². The van der Waals surface area contributed by atoms with E-state index >= 15 is 0 Å². The predicted molar refractivity (Wildman–Crippen MR) is 116 cm³/mol. The van der Waals surface area contributed by atoms with E-state index < -0.39 is 0 Å². The van der Waals surface area contributed by atoms with E-state index in [9.17, 15) is 0 Å². The maximum absolute atomic E-state index is 6.23. The highest BCUT2D eigenvalue weighted by Gasteiger charge is 2.62. The van der Waals surface area contributed by atoms with Gasteiger partial charge in [-0.2, -0.15) is 0 Å². The number of benzene rings is 3. The van der Waals surface area contributed by atoms with Crippen LogP contribution in [-0.2, 0) is 4.65 Å². The minimum absolute atomic E-state index is 0.0458. The second-order valence-corrected chi connectivity index (χ2v) is 8.67. The standard InChI is InChI=1S/C24H24BNO2/c1-23(2)24(3,4)28-25(23)27-18-11-9-10-17(16-18)26-21-14-7-5-12-19(21)20-13-6-8-15-22(20)26/h5-16H,1-4H3. The zero-order chi connectivity index (χ0) is 19.5. The van der Waals surface area contributed by atoms with Crippen LogP contribution in [0.3, 0.4) is 0 Å². The van der Waals surface area contributed by atoms with E-state index in [2.05, 4.69) is 92.9 Å². The van der Waals surface area contributed by atoms with Gasteiger partial charge in [-0.15, -0.1) is 0 Å². The molecule has 2 heterocycles. The first-order valence-corrected chi connectivity index (χ1v) is 9.82. The van der Waals surface area contributed by atoms with E-state index in [0.717, 1.165) is 11.4 Å². The summed E-state index contributed by atoms with van der Waals surface area (Å²) in [7, 11) is -0.240. The van der Waals surface area contributed by atoms with Crippen LogP contribution < -0.4 is 4.65 Å². The van der Waals surface area contributed by atoms with Gasteiger partial charge in [0.1, 0.15) is 5.75 Å².